The summed E-state index contributed by atoms with van der Waals surface area (Å²) in [6.45, 7) is 7.33. The zero-order chi connectivity index (χ0) is 21.3. The largest absolute Gasteiger partial charge is 0.450 e. The number of hydrogen-bond donors (Lipinski definition) is 0. The molecule has 4 heterocycles. The van der Waals surface area contributed by atoms with E-state index in [-0.39, 0.29) is 23.5 Å². The average molecular weight is 435 g/mol. The first-order chi connectivity index (χ1) is 14.5. The molecule has 10 nitrogen and oxygen atoms in total. The van der Waals surface area contributed by atoms with Crippen molar-refractivity contribution in [3.05, 3.63) is 22.1 Å². The van der Waals surface area contributed by atoms with E-state index in [0.29, 0.717) is 50.0 Å². The van der Waals surface area contributed by atoms with Crippen LogP contribution in [0.5, 0.6) is 0 Å². The Morgan fingerprint density at radius 2 is 1.93 bits per heavy atom. The van der Waals surface area contributed by atoms with Crippen LogP contribution >= 0.6 is 11.3 Å². The highest BCUT2D eigenvalue weighted by molar-refractivity contribution is 7.20. The molecule has 2 saturated heterocycles. The van der Waals surface area contributed by atoms with E-state index in [1.165, 1.54) is 21.9 Å². The molecular formula is C19H26N6O4S. The molecule has 2 aromatic heterocycles. The highest BCUT2D eigenvalue weighted by Crippen LogP contribution is 2.28. The Morgan fingerprint density at radius 1 is 1.20 bits per heavy atom. The minimum absolute atomic E-state index is 0.119. The number of hydrogen-bond acceptors (Lipinski definition) is 8. The molecule has 0 aliphatic carbocycles. The molecular weight excluding hydrogens is 408 g/mol. The normalized spacial score (nSPS) is 19.9. The van der Waals surface area contributed by atoms with Crippen molar-refractivity contribution in [1.29, 1.82) is 0 Å². The number of carbonyl (C=O) groups is 2. The van der Waals surface area contributed by atoms with E-state index < -0.39 is 0 Å². The maximum atomic E-state index is 13.1. The zero-order valence-electron chi connectivity index (χ0n) is 17.2. The van der Waals surface area contributed by atoms with Crippen LogP contribution in [-0.2, 0) is 9.53 Å². The molecule has 11 heteroatoms. The van der Waals surface area contributed by atoms with Gasteiger partial charge in [-0.2, -0.15) is 4.52 Å². The smallest absolute Gasteiger partial charge is 0.409 e. The minimum Gasteiger partial charge on any atom is -0.450 e. The fraction of sp³-hybridized carbons (Fsp3) is 0.632. The van der Waals surface area contributed by atoms with Gasteiger partial charge < -0.3 is 19.4 Å². The number of aryl methyl sites for hydroxylation is 1. The maximum absolute atomic E-state index is 13.1. The summed E-state index contributed by atoms with van der Waals surface area (Å²) < 4.78 is 6.37. The SMILES string of the molecule is CCOC(=O)N1CCN(C(=O)C2CCCN(c3nn4c(=O)cc(C)nc4s3)C2)CC1. The summed E-state index contributed by atoms with van der Waals surface area (Å²) in [4.78, 5) is 47.6. The van der Waals surface area contributed by atoms with Crippen LogP contribution in [0.15, 0.2) is 10.9 Å². The molecule has 0 saturated carbocycles. The second-order valence-electron chi connectivity index (χ2n) is 7.61. The summed E-state index contributed by atoms with van der Waals surface area (Å²) >= 11 is 1.37. The summed E-state index contributed by atoms with van der Waals surface area (Å²) in [5.74, 6) is 0.00165. The highest BCUT2D eigenvalue weighted by Gasteiger charge is 2.33. The van der Waals surface area contributed by atoms with Crippen LogP contribution in [0.3, 0.4) is 0 Å². The summed E-state index contributed by atoms with van der Waals surface area (Å²) in [6, 6.07) is 1.47. The predicted octanol–water partition coefficient (Wildman–Crippen LogP) is 0.977. The van der Waals surface area contributed by atoms with Crippen molar-refractivity contribution >= 4 is 33.4 Å². The van der Waals surface area contributed by atoms with Gasteiger partial charge in [-0.3, -0.25) is 9.59 Å². The molecule has 0 spiro atoms. The van der Waals surface area contributed by atoms with Crippen LogP contribution in [0.1, 0.15) is 25.5 Å². The van der Waals surface area contributed by atoms with Crippen molar-refractivity contribution < 1.29 is 14.3 Å². The van der Waals surface area contributed by atoms with Crippen molar-refractivity contribution in [2.45, 2.75) is 26.7 Å². The van der Waals surface area contributed by atoms with Gasteiger partial charge in [0.2, 0.25) is 16.0 Å². The number of aromatic nitrogens is 3. The third-order valence-electron chi connectivity index (χ3n) is 5.52. The van der Waals surface area contributed by atoms with E-state index in [2.05, 4.69) is 15.0 Å². The van der Waals surface area contributed by atoms with Crippen LogP contribution in [0.25, 0.3) is 4.96 Å². The molecule has 1 atom stereocenters. The van der Waals surface area contributed by atoms with Crippen molar-refractivity contribution in [1.82, 2.24) is 24.4 Å². The van der Waals surface area contributed by atoms with Crippen LogP contribution in [0, 0.1) is 12.8 Å². The van der Waals surface area contributed by atoms with Gasteiger partial charge in [0, 0.05) is 51.0 Å². The lowest BCUT2D eigenvalue weighted by molar-refractivity contribution is -0.137. The maximum Gasteiger partial charge on any atom is 0.409 e. The van der Waals surface area contributed by atoms with E-state index >= 15 is 0 Å². The van der Waals surface area contributed by atoms with E-state index in [0.717, 1.165) is 24.5 Å². The number of anilines is 1. The Labute approximate surface area is 178 Å². The predicted molar refractivity (Wildman–Crippen MR) is 112 cm³/mol. The van der Waals surface area contributed by atoms with Crippen molar-refractivity contribution in [3.63, 3.8) is 0 Å². The minimum atomic E-state index is -0.316. The molecule has 4 rings (SSSR count). The molecule has 2 fully saturated rings. The lowest BCUT2D eigenvalue weighted by Gasteiger charge is -2.38. The molecule has 30 heavy (non-hydrogen) atoms. The number of ether oxygens (including phenoxy) is 1. The highest BCUT2D eigenvalue weighted by atomic mass is 32.1. The van der Waals surface area contributed by atoms with Gasteiger partial charge in [-0.25, -0.2) is 9.78 Å². The summed E-state index contributed by atoms with van der Waals surface area (Å²) in [6.07, 6.45) is 1.40. The first kappa shape index (κ1) is 20.6. The Kier molecular flexibility index (Phi) is 5.89. The summed E-state index contributed by atoms with van der Waals surface area (Å²) in [5, 5.41) is 5.15. The summed E-state index contributed by atoms with van der Waals surface area (Å²) in [5.41, 5.74) is 0.480. The first-order valence-corrected chi connectivity index (χ1v) is 11.1. The van der Waals surface area contributed by atoms with Crippen molar-refractivity contribution in [2.75, 3.05) is 50.8 Å². The lowest BCUT2D eigenvalue weighted by Crippen LogP contribution is -2.53. The van der Waals surface area contributed by atoms with Gasteiger partial charge in [0.25, 0.3) is 5.56 Å². The number of rotatable bonds is 3. The topological polar surface area (TPSA) is 100 Å². The van der Waals surface area contributed by atoms with Crippen LogP contribution in [0.2, 0.25) is 0 Å². The van der Waals surface area contributed by atoms with Crippen molar-refractivity contribution in [3.8, 4) is 0 Å². The van der Waals surface area contributed by atoms with E-state index in [1.807, 2.05) is 4.90 Å². The van der Waals surface area contributed by atoms with E-state index in [9.17, 15) is 14.4 Å². The average Bonchev–Trinajstić information content (AvgIpc) is 3.18. The fourth-order valence-corrected chi connectivity index (χ4v) is 4.96. The molecule has 162 valence electrons. The molecule has 2 aromatic rings. The molecule has 0 aromatic carbocycles. The van der Waals surface area contributed by atoms with Gasteiger partial charge in [0.05, 0.1) is 12.5 Å². The molecule has 0 radical (unpaired) electrons. The molecule has 2 aliphatic heterocycles. The van der Waals surface area contributed by atoms with Crippen LogP contribution in [-0.4, -0.2) is 82.3 Å². The van der Waals surface area contributed by atoms with Gasteiger partial charge in [-0.05, 0) is 26.7 Å². The van der Waals surface area contributed by atoms with E-state index in [1.54, 1.807) is 18.7 Å². The zero-order valence-corrected chi connectivity index (χ0v) is 18.1. The third kappa shape index (κ3) is 4.11. The van der Waals surface area contributed by atoms with Gasteiger partial charge in [-0.1, -0.05) is 11.3 Å². The van der Waals surface area contributed by atoms with Crippen LogP contribution in [0.4, 0.5) is 9.93 Å². The number of carbonyl (C=O) groups excluding carboxylic acids is 2. The van der Waals surface area contributed by atoms with Crippen LogP contribution < -0.4 is 10.5 Å². The van der Waals surface area contributed by atoms with Gasteiger partial charge >= 0.3 is 6.09 Å². The molecule has 2 aliphatic rings. The second-order valence-corrected chi connectivity index (χ2v) is 8.55. The molecule has 2 amide bonds. The van der Waals surface area contributed by atoms with Gasteiger partial charge in [0.15, 0.2) is 0 Å². The Balaban J connectivity index is 1.41. The summed E-state index contributed by atoms with van der Waals surface area (Å²) in [7, 11) is 0. The van der Waals surface area contributed by atoms with Crippen molar-refractivity contribution in [2.24, 2.45) is 5.92 Å². The standard InChI is InChI=1S/C19H26N6O4S/c1-3-29-19(28)23-9-7-22(8-10-23)16(27)14-5-4-6-24(12-14)18-21-25-15(26)11-13(2)20-17(25)30-18/h11,14H,3-10,12H2,1-2H3. The molecule has 0 bridgehead atoms. The lowest BCUT2D eigenvalue weighted by atomic mass is 9.96. The second kappa shape index (κ2) is 8.58. The number of piperazine rings is 1. The fourth-order valence-electron chi connectivity index (χ4n) is 3.97. The Hall–Kier alpha value is -2.69. The first-order valence-electron chi connectivity index (χ1n) is 10.3. The molecule has 0 N–H and O–H groups in total. The Morgan fingerprint density at radius 3 is 2.67 bits per heavy atom. The van der Waals surface area contributed by atoms with Gasteiger partial charge in [0.1, 0.15) is 0 Å². The van der Waals surface area contributed by atoms with E-state index in [4.69, 9.17) is 4.74 Å². The monoisotopic (exact) mass is 434 g/mol. The number of fused-ring (bicyclic) bond motifs is 1. The third-order valence-corrected chi connectivity index (χ3v) is 6.49. The molecule has 1 unspecified atom stereocenters. The number of piperidine rings is 1. The number of amides is 2. The number of nitrogens with zero attached hydrogens (tertiary/aromatic N) is 6. The Bertz CT molecular complexity index is 997. The quantitative estimate of drug-likeness (QED) is 0.710. The van der Waals surface area contributed by atoms with Gasteiger partial charge in [-0.15, -0.1) is 5.10 Å².